The van der Waals surface area contributed by atoms with Crippen molar-refractivity contribution in [3.05, 3.63) is 42.2 Å². The van der Waals surface area contributed by atoms with E-state index in [-0.39, 0.29) is 24.8 Å². The second kappa shape index (κ2) is 8.01. The van der Waals surface area contributed by atoms with E-state index in [9.17, 15) is 9.59 Å². The molecule has 1 atom stereocenters. The van der Waals surface area contributed by atoms with Crippen LogP contribution in [0.1, 0.15) is 16.9 Å². The molecule has 26 heavy (non-hydrogen) atoms. The number of ether oxygens (including phenoxy) is 2. The molecule has 0 saturated carbocycles. The van der Waals surface area contributed by atoms with Crippen molar-refractivity contribution >= 4 is 11.9 Å². The van der Waals surface area contributed by atoms with Gasteiger partial charge in [-0.25, -0.2) is 4.68 Å². The molecule has 0 bridgehead atoms. The molecular weight excluding hydrogens is 338 g/mol. The summed E-state index contributed by atoms with van der Waals surface area (Å²) in [6, 6.07) is 9.39. The van der Waals surface area contributed by atoms with Crippen LogP contribution >= 0.6 is 0 Å². The van der Waals surface area contributed by atoms with E-state index in [1.165, 1.54) is 4.90 Å². The van der Waals surface area contributed by atoms with Crippen molar-refractivity contribution in [1.29, 1.82) is 0 Å². The van der Waals surface area contributed by atoms with E-state index < -0.39 is 11.9 Å². The Morgan fingerprint density at radius 1 is 1.27 bits per heavy atom. The van der Waals surface area contributed by atoms with Crippen LogP contribution in [-0.2, 0) is 9.53 Å². The van der Waals surface area contributed by atoms with Gasteiger partial charge in [0.2, 0.25) is 0 Å². The van der Waals surface area contributed by atoms with E-state index in [4.69, 9.17) is 14.6 Å². The van der Waals surface area contributed by atoms with Gasteiger partial charge in [-0.05, 0) is 18.6 Å². The van der Waals surface area contributed by atoms with Crippen LogP contribution in [0.3, 0.4) is 0 Å². The Labute approximate surface area is 150 Å². The molecule has 1 N–H and O–H groups in total. The van der Waals surface area contributed by atoms with Crippen molar-refractivity contribution in [3.8, 4) is 11.4 Å². The number of para-hydroxylation sites is 1. The molecule has 1 fully saturated rings. The summed E-state index contributed by atoms with van der Waals surface area (Å²) < 4.78 is 12.2. The number of carboxylic acid groups (broad SMARTS) is 1. The van der Waals surface area contributed by atoms with E-state index in [0.29, 0.717) is 25.3 Å². The van der Waals surface area contributed by atoms with Gasteiger partial charge in [0.1, 0.15) is 6.61 Å². The Morgan fingerprint density at radius 2 is 2.04 bits per heavy atom. The smallest absolute Gasteiger partial charge is 0.308 e. The molecule has 3 rings (SSSR count). The van der Waals surface area contributed by atoms with Gasteiger partial charge < -0.3 is 19.5 Å². The van der Waals surface area contributed by atoms with Crippen LogP contribution in [-0.4, -0.2) is 65.1 Å². The number of hydrogen-bond donors (Lipinski definition) is 1. The molecule has 1 aromatic carbocycles. The number of aliphatic carboxylic acids is 1. The highest BCUT2D eigenvalue weighted by molar-refractivity contribution is 5.95. The van der Waals surface area contributed by atoms with Gasteiger partial charge in [-0.2, -0.15) is 5.10 Å². The number of amides is 1. The molecule has 8 heteroatoms. The highest BCUT2D eigenvalue weighted by Crippen LogP contribution is 2.25. The van der Waals surface area contributed by atoms with Crippen LogP contribution < -0.4 is 4.74 Å². The summed E-state index contributed by atoms with van der Waals surface area (Å²) in [5.41, 5.74) is 0.976. The highest BCUT2D eigenvalue weighted by Gasteiger charge is 2.33. The number of methoxy groups -OCH3 is 1. The number of likely N-dealkylation sites (tertiary alicyclic amines) is 1. The molecule has 2 aromatic rings. The van der Waals surface area contributed by atoms with Crippen molar-refractivity contribution in [3.63, 3.8) is 0 Å². The Morgan fingerprint density at radius 3 is 2.69 bits per heavy atom. The third-order valence-corrected chi connectivity index (χ3v) is 4.27. The second-order valence-electron chi connectivity index (χ2n) is 6.04. The van der Waals surface area contributed by atoms with Crippen molar-refractivity contribution in [1.82, 2.24) is 14.7 Å². The average molecular weight is 359 g/mol. The number of carboxylic acids is 1. The molecule has 138 valence electrons. The summed E-state index contributed by atoms with van der Waals surface area (Å²) in [5.74, 6) is -1.38. The van der Waals surface area contributed by atoms with E-state index in [1.807, 2.05) is 30.3 Å². The van der Waals surface area contributed by atoms with Crippen LogP contribution in [0.25, 0.3) is 5.69 Å². The largest absolute Gasteiger partial charge is 0.487 e. The third-order valence-electron chi connectivity index (χ3n) is 4.27. The first-order valence-corrected chi connectivity index (χ1v) is 8.39. The van der Waals surface area contributed by atoms with Crippen molar-refractivity contribution < 1.29 is 24.2 Å². The SMILES string of the molecule is COCCOc1cn(-c2ccccc2)nc1C(=O)N1CCC(C(=O)O)C1. The lowest BCUT2D eigenvalue weighted by Gasteiger charge is -2.15. The first kappa shape index (κ1) is 17.9. The molecule has 8 nitrogen and oxygen atoms in total. The molecule has 1 aromatic heterocycles. The monoisotopic (exact) mass is 359 g/mol. The molecule has 1 aliphatic rings. The minimum absolute atomic E-state index is 0.177. The number of aromatic nitrogens is 2. The van der Waals surface area contributed by atoms with Gasteiger partial charge in [0, 0.05) is 20.2 Å². The van der Waals surface area contributed by atoms with Gasteiger partial charge in [-0.15, -0.1) is 0 Å². The Hall–Kier alpha value is -2.87. The Kier molecular flexibility index (Phi) is 5.52. The Bertz CT molecular complexity index is 774. The minimum atomic E-state index is -0.883. The Balaban J connectivity index is 1.85. The molecule has 1 aliphatic heterocycles. The fraction of sp³-hybridized carbons (Fsp3) is 0.389. The standard InChI is InChI=1S/C18H21N3O5/c1-25-9-10-26-15-12-21(14-5-3-2-4-6-14)19-16(15)17(22)20-8-7-13(11-20)18(23)24/h2-6,12-13H,7-11H2,1H3,(H,23,24). The van der Waals surface area contributed by atoms with Gasteiger partial charge in [0.15, 0.2) is 11.4 Å². The minimum Gasteiger partial charge on any atom is -0.487 e. The number of rotatable bonds is 7. The first-order valence-electron chi connectivity index (χ1n) is 8.39. The molecule has 1 amide bonds. The van der Waals surface area contributed by atoms with Gasteiger partial charge in [0.25, 0.3) is 5.91 Å². The van der Waals surface area contributed by atoms with E-state index >= 15 is 0 Å². The van der Waals surface area contributed by atoms with E-state index in [2.05, 4.69) is 5.10 Å². The summed E-state index contributed by atoms with van der Waals surface area (Å²) in [6.07, 6.45) is 2.10. The third kappa shape index (κ3) is 3.85. The van der Waals surface area contributed by atoms with Crippen LogP contribution in [0, 0.1) is 5.92 Å². The molecule has 0 aliphatic carbocycles. The van der Waals surface area contributed by atoms with Crippen molar-refractivity contribution in [2.45, 2.75) is 6.42 Å². The van der Waals surface area contributed by atoms with Crippen LogP contribution in [0.4, 0.5) is 0 Å². The average Bonchev–Trinajstić information content (AvgIpc) is 3.30. The van der Waals surface area contributed by atoms with Gasteiger partial charge >= 0.3 is 5.97 Å². The highest BCUT2D eigenvalue weighted by atomic mass is 16.5. The van der Waals surface area contributed by atoms with Crippen LogP contribution in [0.15, 0.2) is 36.5 Å². The number of benzene rings is 1. The topological polar surface area (TPSA) is 93.9 Å². The zero-order valence-electron chi connectivity index (χ0n) is 14.5. The predicted octanol–water partition coefficient (Wildman–Crippen LogP) is 1.44. The van der Waals surface area contributed by atoms with E-state index in [1.54, 1.807) is 18.0 Å². The van der Waals surface area contributed by atoms with Gasteiger partial charge in [-0.3, -0.25) is 9.59 Å². The fourth-order valence-electron chi connectivity index (χ4n) is 2.86. The van der Waals surface area contributed by atoms with Gasteiger partial charge in [-0.1, -0.05) is 18.2 Å². The molecule has 0 radical (unpaired) electrons. The maximum absolute atomic E-state index is 12.9. The quantitative estimate of drug-likeness (QED) is 0.752. The maximum atomic E-state index is 12.9. The molecular formula is C18H21N3O5. The molecule has 0 spiro atoms. The van der Waals surface area contributed by atoms with Crippen molar-refractivity contribution in [2.24, 2.45) is 5.92 Å². The second-order valence-corrected chi connectivity index (χ2v) is 6.04. The number of carbonyl (C=O) groups excluding carboxylic acids is 1. The summed E-state index contributed by atoms with van der Waals surface area (Å²) in [5, 5.41) is 13.5. The lowest BCUT2D eigenvalue weighted by Crippen LogP contribution is -2.30. The van der Waals surface area contributed by atoms with Crippen molar-refractivity contribution in [2.75, 3.05) is 33.4 Å². The predicted molar refractivity (Wildman–Crippen MR) is 92.6 cm³/mol. The van der Waals surface area contributed by atoms with E-state index in [0.717, 1.165) is 5.69 Å². The number of nitrogens with zero attached hydrogens (tertiary/aromatic N) is 3. The molecule has 1 unspecified atom stereocenters. The first-order chi connectivity index (χ1) is 12.6. The summed E-state index contributed by atoms with van der Waals surface area (Å²) >= 11 is 0. The summed E-state index contributed by atoms with van der Waals surface area (Å²) in [6.45, 7) is 1.25. The normalized spacial score (nSPS) is 16.7. The number of hydrogen-bond acceptors (Lipinski definition) is 5. The zero-order chi connectivity index (χ0) is 18.5. The zero-order valence-corrected chi connectivity index (χ0v) is 14.5. The maximum Gasteiger partial charge on any atom is 0.308 e. The lowest BCUT2D eigenvalue weighted by molar-refractivity contribution is -0.141. The van der Waals surface area contributed by atoms with Gasteiger partial charge in [0.05, 0.1) is 24.4 Å². The fourth-order valence-corrected chi connectivity index (χ4v) is 2.86. The summed E-state index contributed by atoms with van der Waals surface area (Å²) in [7, 11) is 1.57. The van der Waals surface area contributed by atoms with Crippen LogP contribution in [0.2, 0.25) is 0 Å². The molecule has 2 heterocycles. The number of carbonyl (C=O) groups is 2. The molecule has 1 saturated heterocycles. The summed E-state index contributed by atoms with van der Waals surface area (Å²) in [4.78, 5) is 25.5. The van der Waals surface area contributed by atoms with Crippen LogP contribution in [0.5, 0.6) is 5.75 Å². The lowest BCUT2D eigenvalue weighted by atomic mass is 10.1.